The number of hydrogen-bond acceptors (Lipinski definition) is 4. The lowest BCUT2D eigenvalue weighted by atomic mass is 10.1. The number of amides is 1. The third kappa shape index (κ3) is 4.75. The van der Waals surface area contributed by atoms with Crippen molar-refractivity contribution in [2.45, 2.75) is 58.8 Å². The molecule has 0 spiro atoms. The molecular weight excluding hydrogens is 242 g/mol. The predicted molar refractivity (Wildman–Crippen MR) is 76.9 cm³/mol. The number of nitrogens with zero attached hydrogens (tertiary/aromatic N) is 2. The third-order valence-electron chi connectivity index (χ3n) is 3.52. The maximum atomic E-state index is 12.4. The zero-order valence-corrected chi connectivity index (χ0v) is 12.9. The molecule has 5 heteroatoms. The first-order valence-electron chi connectivity index (χ1n) is 7.23. The lowest BCUT2D eigenvalue weighted by Gasteiger charge is -2.37. The molecule has 1 amide bonds. The largest absolute Gasteiger partial charge is 0.374 e. The number of ether oxygens (including phenoxy) is 1. The van der Waals surface area contributed by atoms with Gasteiger partial charge in [-0.15, -0.1) is 0 Å². The van der Waals surface area contributed by atoms with E-state index in [2.05, 4.69) is 32.6 Å². The van der Waals surface area contributed by atoms with Crippen molar-refractivity contribution in [1.29, 1.82) is 0 Å². The minimum atomic E-state index is 0.00389. The average Bonchev–Trinajstić information content (AvgIpc) is 2.27. The van der Waals surface area contributed by atoms with Crippen LogP contribution in [-0.4, -0.2) is 66.2 Å². The summed E-state index contributed by atoms with van der Waals surface area (Å²) in [5.41, 5.74) is 5.87. The summed E-state index contributed by atoms with van der Waals surface area (Å²) in [6.07, 6.45) is 0.0353. The molecule has 19 heavy (non-hydrogen) atoms. The maximum Gasteiger partial charge on any atom is 0.237 e. The molecule has 2 unspecified atom stereocenters. The van der Waals surface area contributed by atoms with Gasteiger partial charge in [0.15, 0.2) is 0 Å². The minimum absolute atomic E-state index is 0.00389. The van der Waals surface area contributed by atoms with Gasteiger partial charge in [0.1, 0.15) is 0 Å². The second-order valence-electron chi connectivity index (χ2n) is 5.99. The number of rotatable bonds is 5. The van der Waals surface area contributed by atoms with Crippen LogP contribution in [0.5, 0.6) is 0 Å². The van der Waals surface area contributed by atoms with Crippen LogP contribution in [0.1, 0.15) is 34.6 Å². The predicted octanol–water partition coefficient (Wildman–Crippen LogP) is 0.680. The standard InChI is InChI=1S/C14H29N3O2/c1-10(2)17(11(3)4)14(18)9-16-6-7-19-13(8-16)12(5)15/h10-13H,6-9,15H2,1-5H3. The van der Waals surface area contributed by atoms with E-state index in [9.17, 15) is 4.79 Å². The van der Waals surface area contributed by atoms with E-state index in [0.29, 0.717) is 13.2 Å². The maximum absolute atomic E-state index is 12.4. The van der Waals surface area contributed by atoms with E-state index in [1.54, 1.807) is 0 Å². The van der Waals surface area contributed by atoms with Crippen LogP contribution in [0.3, 0.4) is 0 Å². The van der Waals surface area contributed by atoms with Gasteiger partial charge in [-0.3, -0.25) is 9.69 Å². The van der Waals surface area contributed by atoms with Crippen LogP contribution < -0.4 is 5.73 Å². The molecule has 1 rings (SSSR count). The highest BCUT2D eigenvalue weighted by Crippen LogP contribution is 2.11. The quantitative estimate of drug-likeness (QED) is 0.799. The van der Waals surface area contributed by atoms with Crippen molar-refractivity contribution in [3.05, 3.63) is 0 Å². The van der Waals surface area contributed by atoms with Crippen LogP contribution >= 0.6 is 0 Å². The molecular formula is C14H29N3O2. The summed E-state index contributed by atoms with van der Waals surface area (Å²) in [6.45, 7) is 12.8. The van der Waals surface area contributed by atoms with Gasteiger partial charge in [0.2, 0.25) is 5.91 Å². The number of nitrogens with two attached hydrogens (primary N) is 1. The highest BCUT2D eigenvalue weighted by Gasteiger charge is 2.27. The fourth-order valence-electron chi connectivity index (χ4n) is 2.64. The van der Waals surface area contributed by atoms with Gasteiger partial charge >= 0.3 is 0 Å². The number of morpholine rings is 1. The van der Waals surface area contributed by atoms with Gasteiger partial charge in [-0.25, -0.2) is 0 Å². The molecule has 2 atom stereocenters. The van der Waals surface area contributed by atoms with Crippen LogP contribution in [0.2, 0.25) is 0 Å². The van der Waals surface area contributed by atoms with E-state index in [1.807, 2.05) is 11.8 Å². The van der Waals surface area contributed by atoms with E-state index < -0.39 is 0 Å². The van der Waals surface area contributed by atoms with E-state index >= 15 is 0 Å². The Morgan fingerprint density at radius 3 is 2.37 bits per heavy atom. The highest BCUT2D eigenvalue weighted by molar-refractivity contribution is 5.78. The summed E-state index contributed by atoms with van der Waals surface area (Å²) in [5.74, 6) is 0.190. The zero-order valence-electron chi connectivity index (χ0n) is 12.9. The molecule has 0 saturated carbocycles. The van der Waals surface area contributed by atoms with Crippen molar-refractivity contribution in [1.82, 2.24) is 9.80 Å². The number of carbonyl (C=O) groups excluding carboxylic acids is 1. The normalized spacial score (nSPS) is 22.8. The Balaban J connectivity index is 2.55. The lowest BCUT2D eigenvalue weighted by Crippen LogP contribution is -2.53. The molecule has 1 saturated heterocycles. The second-order valence-corrected chi connectivity index (χ2v) is 5.99. The summed E-state index contributed by atoms with van der Waals surface area (Å²) in [4.78, 5) is 16.5. The minimum Gasteiger partial charge on any atom is -0.374 e. The van der Waals surface area contributed by atoms with Gasteiger partial charge < -0.3 is 15.4 Å². The first-order valence-corrected chi connectivity index (χ1v) is 7.23. The van der Waals surface area contributed by atoms with Crippen molar-refractivity contribution in [3.63, 3.8) is 0 Å². The van der Waals surface area contributed by atoms with Crippen LogP contribution in [0.15, 0.2) is 0 Å². The van der Waals surface area contributed by atoms with Crippen molar-refractivity contribution in [2.75, 3.05) is 26.2 Å². The molecule has 0 bridgehead atoms. The smallest absolute Gasteiger partial charge is 0.237 e. The van der Waals surface area contributed by atoms with Gasteiger partial charge in [0, 0.05) is 31.2 Å². The number of carbonyl (C=O) groups is 1. The van der Waals surface area contributed by atoms with E-state index in [1.165, 1.54) is 0 Å². The third-order valence-corrected chi connectivity index (χ3v) is 3.52. The Morgan fingerprint density at radius 2 is 1.89 bits per heavy atom. The fourth-order valence-corrected chi connectivity index (χ4v) is 2.64. The molecule has 1 aliphatic heterocycles. The molecule has 0 radical (unpaired) electrons. The molecule has 112 valence electrons. The summed E-state index contributed by atoms with van der Waals surface area (Å²) in [6, 6.07) is 0.472. The Labute approximate surface area is 117 Å². The lowest BCUT2D eigenvalue weighted by molar-refractivity contribution is -0.138. The first-order chi connectivity index (χ1) is 8.82. The molecule has 1 fully saturated rings. The SMILES string of the molecule is CC(N)C1CN(CC(=O)N(C(C)C)C(C)C)CCO1. The molecule has 0 aromatic carbocycles. The van der Waals surface area contributed by atoms with Crippen LogP contribution in [0.4, 0.5) is 0 Å². The Kier molecular flexibility index (Phi) is 6.23. The molecule has 5 nitrogen and oxygen atoms in total. The Morgan fingerprint density at radius 1 is 1.32 bits per heavy atom. The summed E-state index contributed by atoms with van der Waals surface area (Å²) in [5, 5.41) is 0. The second kappa shape index (κ2) is 7.22. The van der Waals surface area contributed by atoms with Crippen molar-refractivity contribution in [3.8, 4) is 0 Å². The van der Waals surface area contributed by atoms with Crippen molar-refractivity contribution >= 4 is 5.91 Å². The number of hydrogen-bond donors (Lipinski definition) is 1. The molecule has 0 aliphatic carbocycles. The average molecular weight is 271 g/mol. The van der Waals surface area contributed by atoms with Crippen LogP contribution in [0.25, 0.3) is 0 Å². The zero-order chi connectivity index (χ0) is 14.6. The molecule has 1 heterocycles. The van der Waals surface area contributed by atoms with Gasteiger partial charge in [-0.05, 0) is 34.6 Å². The summed E-state index contributed by atoms with van der Waals surface area (Å²) in [7, 11) is 0. The Bertz CT molecular complexity index is 284. The van der Waals surface area contributed by atoms with E-state index in [4.69, 9.17) is 10.5 Å². The highest BCUT2D eigenvalue weighted by atomic mass is 16.5. The fraction of sp³-hybridized carbons (Fsp3) is 0.929. The van der Waals surface area contributed by atoms with Crippen molar-refractivity contribution < 1.29 is 9.53 Å². The van der Waals surface area contributed by atoms with E-state index in [0.717, 1.165) is 13.1 Å². The van der Waals surface area contributed by atoms with Gasteiger partial charge in [0.05, 0.1) is 19.3 Å². The van der Waals surface area contributed by atoms with Crippen molar-refractivity contribution in [2.24, 2.45) is 5.73 Å². The van der Waals surface area contributed by atoms with Crippen LogP contribution in [-0.2, 0) is 9.53 Å². The first kappa shape index (κ1) is 16.4. The molecule has 1 aliphatic rings. The topological polar surface area (TPSA) is 58.8 Å². The van der Waals surface area contributed by atoms with Gasteiger partial charge in [0.25, 0.3) is 0 Å². The molecule has 2 N–H and O–H groups in total. The molecule has 0 aromatic rings. The summed E-state index contributed by atoms with van der Waals surface area (Å²) < 4.78 is 5.61. The monoisotopic (exact) mass is 271 g/mol. The van der Waals surface area contributed by atoms with Gasteiger partial charge in [-0.1, -0.05) is 0 Å². The van der Waals surface area contributed by atoms with Gasteiger partial charge in [-0.2, -0.15) is 0 Å². The van der Waals surface area contributed by atoms with Crippen LogP contribution in [0, 0.1) is 0 Å². The Hall–Kier alpha value is -0.650. The summed E-state index contributed by atoms with van der Waals surface area (Å²) >= 11 is 0. The molecule has 0 aromatic heterocycles. The van der Waals surface area contributed by atoms with E-state index in [-0.39, 0.29) is 30.1 Å².